The van der Waals surface area contributed by atoms with E-state index in [1.807, 2.05) is 0 Å². The highest BCUT2D eigenvalue weighted by Crippen LogP contribution is 2.53. The lowest BCUT2D eigenvalue weighted by Crippen LogP contribution is -2.44. The lowest BCUT2D eigenvalue weighted by molar-refractivity contribution is -0.140. The first-order valence-corrected chi connectivity index (χ1v) is 11.8. The van der Waals surface area contributed by atoms with Gasteiger partial charge in [-0.3, -0.25) is 4.79 Å². The molecule has 2 atom stereocenters. The van der Waals surface area contributed by atoms with Crippen molar-refractivity contribution >= 4 is 38.9 Å². The molecule has 0 unspecified atom stereocenters. The van der Waals surface area contributed by atoms with E-state index in [0.29, 0.717) is 16.1 Å². The highest BCUT2D eigenvalue weighted by molar-refractivity contribution is 7.91. The zero-order chi connectivity index (χ0) is 21.5. The Hall–Kier alpha value is -2.23. The van der Waals surface area contributed by atoms with Crippen molar-refractivity contribution in [2.45, 2.75) is 28.7 Å². The van der Waals surface area contributed by atoms with E-state index in [4.69, 9.17) is 11.6 Å². The van der Waals surface area contributed by atoms with Crippen LogP contribution < -0.4 is 4.72 Å². The minimum atomic E-state index is -4.06. The molecule has 1 aliphatic carbocycles. The van der Waals surface area contributed by atoms with Gasteiger partial charge >= 0.3 is 5.97 Å². The molecule has 0 saturated heterocycles. The van der Waals surface area contributed by atoms with Crippen molar-refractivity contribution in [1.82, 2.24) is 4.72 Å². The monoisotopic (exact) mass is 463 g/mol. The molecule has 30 heavy (non-hydrogen) atoms. The SMILES string of the molecule is O=C(O)[C@]1(NS(=O)(=O)c2ccc(-c3ccc(Cl)cc3)s2)C[C@@H]1c1ccccc1CO. The topological polar surface area (TPSA) is 104 Å². The minimum absolute atomic E-state index is 0.0363. The van der Waals surface area contributed by atoms with Gasteiger partial charge in [-0.25, -0.2) is 8.42 Å². The Morgan fingerprint density at radius 1 is 1.13 bits per heavy atom. The summed E-state index contributed by atoms with van der Waals surface area (Å²) in [5, 5.41) is 19.9. The maximum atomic E-state index is 13.0. The minimum Gasteiger partial charge on any atom is -0.480 e. The number of hydrogen-bond donors (Lipinski definition) is 3. The molecule has 6 nitrogen and oxygen atoms in total. The van der Waals surface area contributed by atoms with Gasteiger partial charge in [-0.15, -0.1) is 11.3 Å². The fourth-order valence-electron chi connectivity index (χ4n) is 3.57. The highest BCUT2D eigenvalue weighted by atomic mass is 35.5. The molecule has 1 aromatic heterocycles. The number of halogens is 1. The van der Waals surface area contributed by atoms with Gasteiger partial charge in [-0.2, -0.15) is 4.72 Å². The molecule has 4 rings (SSSR count). The van der Waals surface area contributed by atoms with Crippen molar-refractivity contribution in [2.75, 3.05) is 0 Å². The van der Waals surface area contributed by atoms with Gasteiger partial charge in [0.05, 0.1) is 6.61 Å². The Kier molecular flexibility index (Phi) is 5.46. The Bertz CT molecular complexity index is 1210. The predicted molar refractivity (Wildman–Crippen MR) is 115 cm³/mol. The second-order valence-electron chi connectivity index (χ2n) is 7.12. The van der Waals surface area contributed by atoms with Crippen LogP contribution in [0.1, 0.15) is 23.5 Å². The van der Waals surface area contributed by atoms with Crippen molar-refractivity contribution in [3.05, 3.63) is 76.8 Å². The lowest BCUT2D eigenvalue weighted by atomic mass is 10.0. The van der Waals surface area contributed by atoms with E-state index in [2.05, 4.69) is 4.72 Å². The molecular formula is C21H18ClNO5S2. The van der Waals surface area contributed by atoms with Crippen molar-refractivity contribution < 1.29 is 23.4 Å². The van der Waals surface area contributed by atoms with Crippen LogP contribution in [0, 0.1) is 0 Å². The summed E-state index contributed by atoms with van der Waals surface area (Å²) in [6.07, 6.45) is 0.119. The lowest BCUT2D eigenvalue weighted by Gasteiger charge is -2.16. The van der Waals surface area contributed by atoms with Gasteiger partial charge < -0.3 is 10.2 Å². The number of carbonyl (C=O) groups is 1. The second kappa shape index (κ2) is 7.79. The molecule has 1 fully saturated rings. The summed E-state index contributed by atoms with van der Waals surface area (Å²) >= 11 is 6.96. The van der Waals surface area contributed by atoms with Crippen LogP contribution in [0.4, 0.5) is 0 Å². The molecule has 1 aliphatic rings. The summed E-state index contributed by atoms with van der Waals surface area (Å²) < 4.78 is 28.4. The molecule has 3 aromatic rings. The third kappa shape index (κ3) is 3.77. The van der Waals surface area contributed by atoms with E-state index in [9.17, 15) is 23.4 Å². The molecule has 0 spiro atoms. The molecule has 156 valence electrons. The maximum Gasteiger partial charge on any atom is 0.325 e. The first-order chi connectivity index (χ1) is 14.3. The summed E-state index contributed by atoms with van der Waals surface area (Å²) in [4.78, 5) is 12.8. The fourth-order valence-corrected chi connectivity index (χ4v) is 6.42. The zero-order valence-electron chi connectivity index (χ0n) is 15.6. The van der Waals surface area contributed by atoms with E-state index in [0.717, 1.165) is 21.8 Å². The number of benzene rings is 2. The number of rotatable bonds is 7. The van der Waals surface area contributed by atoms with E-state index < -0.39 is 27.4 Å². The van der Waals surface area contributed by atoms with E-state index in [-0.39, 0.29) is 17.2 Å². The Balaban J connectivity index is 1.62. The first-order valence-electron chi connectivity index (χ1n) is 9.08. The molecule has 0 bridgehead atoms. The van der Waals surface area contributed by atoms with Crippen LogP contribution in [0.5, 0.6) is 0 Å². The average molecular weight is 464 g/mol. The van der Waals surface area contributed by atoms with Gasteiger partial charge in [0.15, 0.2) is 0 Å². The van der Waals surface area contributed by atoms with Gasteiger partial charge in [0.25, 0.3) is 10.0 Å². The van der Waals surface area contributed by atoms with E-state index >= 15 is 0 Å². The van der Waals surface area contributed by atoms with Crippen molar-refractivity contribution in [3.8, 4) is 10.4 Å². The molecular weight excluding hydrogens is 446 g/mol. The molecule has 2 aromatic carbocycles. The number of carboxylic acid groups (broad SMARTS) is 1. The van der Waals surface area contributed by atoms with Crippen LogP contribution in [0.15, 0.2) is 64.9 Å². The molecule has 0 radical (unpaired) electrons. The van der Waals surface area contributed by atoms with Gasteiger partial charge in [0.2, 0.25) is 0 Å². The Labute approximate surface area is 182 Å². The number of sulfonamides is 1. The van der Waals surface area contributed by atoms with Gasteiger partial charge in [-0.1, -0.05) is 48.0 Å². The van der Waals surface area contributed by atoms with Crippen LogP contribution >= 0.6 is 22.9 Å². The molecule has 0 aliphatic heterocycles. The highest BCUT2D eigenvalue weighted by Gasteiger charge is 2.63. The number of aliphatic hydroxyl groups is 1. The summed E-state index contributed by atoms with van der Waals surface area (Å²) in [5.74, 6) is -1.79. The standard InChI is InChI=1S/C21H18ClNO5S2/c22-15-7-5-13(6-8-15)18-9-10-19(29-18)30(27,28)23-21(20(25)26)11-17(21)16-4-2-1-3-14(16)12-24/h1-10,17,23-24H,11-12H2,(H,25,26)/t17-,21+/m1/s1. The molecule has 3 N–H and O–H groups in total. The van der Waals surface area contributed by atoms with Crippen LogP contribution in [0.2, 0.25) is 5.02 Å². The zero-order valence-corrected chi connectivity index (χ0v) is 18.0. The number of nitrogens with one attached hydrogen (secondary N) is 1. The van der Waals surface area contributed by atoms with Crippen molar-refractivity contribution in [1.29, 1.82) is 0 Å². The predicted octanol–water partition coefficient (Wildman–Crippen LogP) is 3.85. The van der Waals surface area contributed by atoms with Gasteiger partial charge in [0, 0.05) is 15.8 Å². The second-order valence-corrected chi connectivity index (χ2v) is 10.6. The Morgan fingerprint density at radius 2 is 1.83 bits per heavy atom. The molecule has 1 saturated carbocycles. The smallest absolute Gasteiger partial charge is 0.325 e. The average Bonchev–Trinajstić information content (AvgIpc) is 3.20. The summed E-state index contributed by atoms with van der Waals surface area (Å²) in [5.41, 5.74) is 0.415. The van der Waals surface area contributed by atoms with Crippen LogP contribution in [0.3, 0.4) is 0 Å². The van der Waals surface area contributed by atoms with Crippen LogP contribution in [-0.2, 0) is 21.4 Å². The number of thiophene rings is 1. The molecule has 9 heteroatoms. The fraction of sp³-hybridized carbons (Fsp3) is 0.190. The quantitative estimate of drug-likeness (QED) is 0.493. The third-order valence-corrected chi connectivity index (χ3v) is 8.62. The van der Waals surface area contributed by atoms with E-state index in [1.54, 1.807) is 54.6 Å². The summed E-state index contributed by atoms with van der Waals surface area (Å²) in [7, 11) is -4.06. The number of hydrogen-bond acceptors (Lipinski definition) is 5. The van der Waals surface area contributed by atoms with Crippen LogP contribution in [0.25, 0.3) is 10.4 Å². The number of aliphatic hydroxyl groups excluding tert-OH is 1. The summed E-state index contributed by atoms with van der Waals surface area (Å²) in [6, 6.07) is 17.1. The Morgan fingerprint density at radius 3 is 2.50 bits per heavy atom. The van der Waals surface area contributed by atoms with E-state index in [1.165, 1.54) is 6.07 Å². The summed E-state index contributed by atoms with van der Waals surface area (Å²) in [6.45, 7) is -0.246. The molecule has 0 amide bonds. The first kappa shape index (κ1) is 21.0. The largest absolute Gasteiger partial charge is 0.480 e. The number of aliphatic carboxylic acids is 1. The normalized spacial score (nSPS) is 20.8. The number of carboxylic acids is 1. The maximum absolute atomic E-state index is 13.0. The molecule has 1 heterocycles. The van der Waals surface area contributed by atoms with Crippen molar-refractivity contribution in [3.63, 3.8) is 0 Å². The van der Waals surface area contributed by atoms with Gasteiger partial charge in [0.1, 0.15) is 9.75 Å². The van der Waals surface area contributed by atoms with Crippen molar-refractivity contribution in [2.24, 2.45) is 0 Å². The third-order valence-electron chi connectivity index (χ3n) is 5.23. The van der Waals surface area contributed by atoms with Gasteiger partial charge in [-0.05, 0) is 47.4 Å². The van der Waals surface area contributed by atoms with Crippen LogP contribution in [-0.4, -0.2) is 30.1 Å².